The van der Waals surface area contributed by atoms with E-state index in [9.17, 15) is 0 Å². The van der Waals surface area contributed by atoms with Gasteiger partial charge in [0.1, 0.15) is 5.82 Å². The lowest BCUT2D eigenvalue weighted by molar-refractivity contribution is 0.684. The third-order valence-corrected chi connectivity index (χ3v) is 3.55. The highest BCUT2D eigenvalue weighted by Gasteiger charge is 2.12. The van der Waals surface area contributed by atoms with Gasteiger partial charge in [-0.25, -0.2) is 10.8 Å². The van der Waals surface area contributed by atoms with E-state index in [1.807, 2.05) is 0 Å². The Morgan fingerprint density at radius 2 is 2.22 bits per heavy atom. The van der Waals surface area contributed by atoms with E-state index < -0.39 is 0 Å². The summed E-state index contributed by atoms with van der Waals surface area (Å²) in [5.74, 6) is 6.62. The number of nitrogen functional groups attached to an aromatic ring is 1. The summed E-state index contributed by atoms with van der Waals surface area (Å²) in [4.78, 5) is 9.71. The summed E-state index contributed by atoms with van der Waals surface area (Å²) in [6, 6.07) is 4.47. The molecule has 0 saturated carbocycles. The quantitative estimate of drug-likeness (QED) is 0.552. The largest absolute Gasteiger partial charge is 0.361 e. The molecule has 2 rings (SSSR count). The van der Waals surface area contributed by atoms with Crippen LogP contribution in [-0.4, -0.2) is 9.97 Å². The van der Waals surface area contributed by atoms with Gasteiger partial charge in [-0.1, -0.05) is 19.4 Å². The molecule has 0 aliphatic carbocycles. The molecular formula is C12H17N5S. The normalized spacial score (nSPS) is 12.1. The summed E-state index contributed by atoms with van der Waals surface area (Å²) in [6.07, 6.45) is 5.46. The highest BCUT2D eigenvalue weighted by atomic mass is 32.1. The molecule has 18 heavy (non-hydrogen) atoms. The number of hydrazine groups is 1. The molecular weight excluding hydrogens is 246 g/mol. The van der Waals surface area contributed by atoms with Gasteiger partial charge in [0.2, 0.25) is 0 Å². The Hall–Kier alpha value is -1.66. The fraction of sp³-hybridized carbons (Fsp3) is 0.333. The molecule has 96 valence electrons. The van der Waals surface area contributed by atoms with Crippen molar-refractivity contribution in [2.24, 2.45) is 5.84 Å². The molecule has 0 aliphatic rings. The number of anilines is 2. The molecule has 0 radical (unpaired) electrons. The number of rotatable bonds is 6. The SMILES string of the molecule is CCCC(Nc1cncc(NN)n1)c1cccs1. The van der Waals surface area contributed by atoms with E-state index in [0.717, 1.165) is 18.7 Å². The maximum atomic E-state index is 5.32. The maximum absolute atomic E-state index is 5.32. The van der Waals surface area contributed by atoms with Crippen LogP contribution in [0.15, 0.2) is 29.9 Å². The van der Waals surface area contributed by atoms with Crippen molar-refractivity contribution in [3.63, 3.8) is 0 Å². The third kappa shape index (κ3) is 3.18. The second kappa shape index (κ2) is 6.32. The summed E-state index contributed by atoms with van der Waals surface area (Å²) >= 11 is 1.75. The standard InChI is InChI=1S/C12H17N5S/c1-2-4-9(10-5-3-6-18-10)15-11-7-14-8-12(16-11)17-13/h3,5-9H,2,4,13H2,1H3,(H2,15,16,17). The Morgan fingerprint density at radius 3 is 2.89 bits per heavy atom. The van der Waals surface area contributed by atoms with E-state index in [1.54, 1.807) is 23.7 Å². The molecule has 1 atom stereocenters. The van der Waals surface area contributed by atoms with E-state index in [-0.39, 0.29) is 6.04 Å². The first kappa shape index (κ1) is 12.8. The first-order valence-corrected chi connectivity index (χ1v) is 6.80. The van der Waals surface area contributed by atoms with Crippen molar-refractivity contribution < 1.29 is 0 Å². The molecule has 5 nitrogen and oxygen atoms in total. The second-order valence-corrected chi connectivity index (χ2v) is 4.91. The Labute approximate surface area is 110 Å². The molecule has 0 bridgehead atoms. The molecule has 0 spiro atoms. The fourth-order valence-electron chi connectivity index (χ4n) is 1.75. The van der Waals surface area contributed by atoms with E-state index >= 15 is 0 Å². The number of hydrogen-bond donors (Lipinski definition) is 3. The number of nitrogens with one attached hydrogen (secondary N) is 2. The van der Waals surface area contributed by atoms with E-state index in [4.69, 9.17) is 5.84 Å². The predicted octanol–water partition coefficient (Wildman–Crippen LogP) is 2.78. The Bertz CT molecular complexity index is 471. The van der Waals surface area contributed by atoms with Crippen molar-refractivity contribution in [1.82, 2.24) is 9.97 Å². The fourth-order valence-corrected chi connectivity index (χ4v) is 2.56. The van der Waals surface area contributed by atoms with Gasteiger partial charge in [0, 0.05) is 4.88 Å². The van der Waals surface area contributed by atoms with E-state index in [2.05, 4.69) is 45.1 Å². The Morgan fingerprint density at radius 1 is 1.39 bits per heavy atom. The van der Waals surface area contributed by atoms with Crippen molar-refractivity contribution >= 4 is 23.0 Å². The minimum absolute atomic E-state index is 0.275. The number of nitrogens with zero attached hydrogens (tertiary/aromatic N) is 2. The summed E-state index contributed by atoms with van der Waals surface area (Å²) < 4.78 is 0. The van der Waals surface area contributed by atoms with Crippen LogP contribution in [0.5, 0.6) is 0 Å². The van der Waals surface area contributed by atoms with Crippen LogP contribution in [0.3, 0.4) is 0 Å². The van der Waals surface area contributed by atoms with Gasteiger partial charge in [-0.05, 0) is 17.9 Å². The van der Waals surface area contributed by atoms with Gasteiger partial charge in [0.15, 0.2) is 5.82 Å². The van der Waals surface area contributed by atoms with Crippen LogP contribution >= 0.6 is 11.3 Å². The molecule has 1 unspecified atom stereocenters. The van der Waals surface area contributed by atoms with E-state index in [0.29, 0.717) is 5.82 Å². The zero-order valence-corrected chi connectivity index (χ0v) is 11.1. The monoisotopic (exact) mass is 263 g/mol. The van der Waals surface area contributed by atoms with Crippen LogP contribution in [0.4, 0.5) is 11.6 Å². The first-order chi connectivity index (χ1) is 8.83. The van der Waals surface area contributed by atoms with Crippen molar-refractivity contribution in [2.45, 2.75) is 25.8 Å². The summed E-state index contributed by atoms with van der Waals surface area (Å²) in [6.45, 7) is 2.17. The summed E-state index contributed by atoms with van der Waals surface area (Å²) in [7, 11) is 0. The van der Waals surface area contributed by atoms with Crippen LogP contribution < -0.4 is 16.6 Å². The molecule has 4 N–H and O–H groups in total. The molecule has 2 aromatic rings. The van der Waals surface area contributed by atoms with Crippen LogP contribution in [0, 0.1) is 0 Å². The predicted molar refractivity (Wildman–Crippen MR) is 75.4 cm³/mol. The lowest BCUT2D eigenvalue weighted by Gasteiger charge is -2.17. The lowest BCUT2D eigenvalue weighted by atomic mass is 10.1. The number of aromatic nitrogens is 2. The van der Waals surface area contributed by atoms with Gasteiger partial charge in [-0.3, -0.25) is 4.98 Å². The van der Waals surface area contributed by atoms with Gasteiger partial charge in [0.25, 0.3) is 0 Å². The molecule has 2 aromatic heterocycles. The highest BCUT2D eigenvalue weighted by Crippen LogP contribution is 2.26. The Kier molecular flexibility index (Phi) is 4.49. The van der Waals surface area contributed by atoms with Crippen LogP contribution in [0.1, 0.15) is 30.7 Å². The minimum atomic E-state index is 0.275. The van der Waals surface area contributed by atoms with Crippen LogP contribution in [0.25, 0.3) is 0 Å². The molecule has 0 fully saturated rings. The summed E-state index contributed by atoms with van der Waals surface area (Å²) in [5, 5.41) is 5.48. The maximum Gasteiger partial charge on any atom is 0.160 e. The van der Waals surface area contributed by atoms with Crippen molar-refractivity contribution in [3.05, 3.63) is 34.8 Å². The first-order valence-electron chi connectivity index (χ1n) is 5.92. The smallest absolute Gasteiger partial charge is 0.160 e. The molecule has 0 amide bonds. The topological polar surface area (TPSA) is 75.9 Å². The molecule has 0 aliphatic heterocycles. The minimum Gasteiger partial charge on any atom is -0.361 e. The van der Waals surface area contributed by atoms with Crippen LogP contribution in [0.2, 0.25) is 0 Å². The molecule has 2 heterocycles. The van der Waals surface area contributed by atoms with Gasteiger partial charge in [-0.2, -0.15) is 0 Å². The lowest BCUT2D eigenvalue weighted by Crippen LogP contribution is -2.13. The average molecular weight is 263 g/mol. The van der Waals surface area contributed by atoms with Gasteiger partial charge in [-0.15, -0.1) is 11.3 Å². The third-order valence-electron chi connectivity index (χ3n) is 2.57. The van der Waals surface area contributed by atoms with Gasteiger partial charge in [0.05, 0.1) is 18.4 Å². The highest BCUT2D eigenvalue weighted by molar-refractivity contribution is 7.10. The van der Waals surface area contributed by atoms with Crippen molar-refractivity contribution in [1.29, 1.82) is 0 Å². The van der Waals surface area contributed by atoms with Crippen molar-refractivity contribution in [3.8, 4) is 0 Å². The van der Waals surface area contributed by atoms with Crippen molar-refractivity contribution in [2.75, 3.05) is 10.7 Å². The zero-order chi connectivity index (χ0) is 12.8. The number of thiophene rings is 1. The van der Waals surface area contributed by atoms with Gasteiger partial charge >= 0.3 is 0 Å². The van der Waals surface area contributed by atoms with E-state index in [1.165, 1.54) is 4.88 Å². The average Bonchev–Trinajstić information content (AvgIpc) is 2.92. The summed E-state index contributed by atoms with van der Waals surface area (Å²) in [5.41, 5.74) is 2.50. The molecule has 0 saturated heterocycles. The number of nitrogens with two attached hydrogens (primary N) is 1. The van der Waals surface area contributed by atoms with Gasteiger partial charge < -0.3 is 10.7 Å². The molecule has 0 aromatic carbocycles. The second-order valence-electron chi connectivity index (χ2n) is 3.93. The molecule has 6 heteroatoms. The van der Waals surface area contributed by atoms with Crippen LogP contribution in [-0.2, 0) is 0 Å². The zero-order valence-electron chi connectivity index (χ0n) is 10.3. The number of hydrogen-bond acceptors (Lipinski definition) is 6. The Balaban J connectivity index is 2.13.